The van der Waals surface area contributed by atoms with Crippen molar-refractivity contribution in [2.45, 2.75) is 0 Å². The van der Waals surface area contributed by atoms with E-state index in [0.29, 0.717) is 11.3 Å². The lowest BCUT2D eigenvalue weighted by Gasteiger charge is -2.05. The van der Waals surface area contributed by atoms with Gasteiger partial charge in [-0.15, -0.1) is 0 Å². The number of hydrogen-bond donors (Lipinski definition) is 2. The third kappa shape index (κ3) is 6.28. The molecule has 0 fully saturated rings. The number of para-hydroxylation sites is 1. The van der Waals surface area contributed by atoms with Gasteiger partial charge in [0, 0.05) is 5.69 Å². The van der Waals surface area contributed by atoms with E-state index in [1.807, 2.05) is 30.3 Å². The van der Waals surface area contributed by atoms with Crippen LogP contribution in [0.3, 0.4) is 0 Å². The Morgan fingerprint density at radius 1 is 0.966 bits per heavy atom. The molecule has 0 saturated carbocycles. The van der Waals surface area contributed by atoms with E-state index in [1.54, 1.807) is 24.3 Å². The van der Waals surface area contributed by atoms with Crippen LogP contribution >= 0.6 is 0 Å². The molecule has 0 aliphatic heterocycles. The minimum atomic E-state index is -0.649. The van der Waals surface area contributed by atoms with E-state index in [2.05, 4.69) is 15.8 Å². The Balaban J connectivity index is 1.47. The van der Waals surface area contributed by atoms with Gasteiger partial charge in [0.05, 0.1) is 18.3 Å². The van der Waals surface area contributed by atoms with Gasteiger partial charge in [0.25, 0.3) is 5.91 Å². The molecule has 0 radical (unpaired) electrons. The van der Waals surface area contributed by atoms with Gasteiger partial charge < -0.3 is 10.1 Å². The summed E-state index contributed by atoms with van der Waals surface area (Å²) in [6, 6.07) is 21.1. The molecular formula is C22H18FN3O3. The summed E-state index contributed by atoms with van der Waals surface area (Å²) in [5.41, 5.74) is 4.09. The fourth-order valence-electron chi connectivity index (χ4n) is 2.36. The first kappa shape index (κ1) is 19.8. The summed E-state index contributed by atoms with van der Waals surface area (Å²) in [7, 11) is 0. The van der Waals surface area contributed by atoms with Crippen molar-refractivity contribution < 1.29 is 18.7 Å². The number of carbonyl (C=O) groups excluding carboxylic acids is 2. The van der Waals surface area contributed by atoms with Gasteiger partial charge in [-0.3, -0.25) is 4.79 Å². The lowest BCUT2D eigenvalue weighted by atomic mass is 10.2. The third-order valence-corrected chi connectivity index (χ3v) is 3.78. The fourth-order valence-corrected chi connectivity index (χ4v) is 2.36. The van der Waals surface area contributed by atoms with Crippen LogP contribution in [-0.2, 0) is 4.79 Å². The molecule has 0 aliphatic carbocycles. The maximum Gasteiger partial charge on any atom is 0.343 e. The number of nitrogens with zero attached hydrogens (tertiary/aromatic N) is 1. The van der Waals surface area contributed by atoms with Gasteiger partial charge in [0.1, 0.15) is 11.6 Å². The molecule has 7 heteroatoms. The van der Waals surface area contributed by atoms with E-state index in [0.717, 1.165) is 11.8 Å². The topological polar surface area (TPSA) is 79.8 Å². The van der Waals surface area contributed by atoms with E-state index in [-0.39, 0.29) is 18.0 Å². The summed E-state index contributed by atoms with van der Waals surface area (Å²) in [5.74, 6) is -1.13. The number of hydrazone groups is 1. The molecule has 6 nitrogen and oxygen atoms in total. The molecule has 1 amide bonds. The van der Waals surface area contributed by atoms with Crippen molar-refractivity contribution in [3.05, 3.63) is 95.8 Å². The van der Waals surface area contributed by atoms with Gasteiger partial charge in [-0.1, -0.05) is 24.3 Å². The molecule has 0 aliphatic rings. The van der Waals surface area contributed by atoms with Gasteiger partial charge >= 0.3 is 5.97 Å². The van der Waals surface area contributed by atoms with Crippen molar-refractivity contribution in [3.8, 4) is 5.75 Å². The highest BCUT2D eigenvalue weighted by Crippen LogP contribution is 2.14. The highest BCUT2D eigenvalue weighted by atomic mass is 19.1. The van der Waals surface area contributed by atoms with E-state index >= 15 is 0 Å². The second-order valence-electron chi connectivity index (χ2n) is 5.98. The molecule has 0 bridgehead atoms. The van der Waals surface area contributed by atoms with Crippen LogP contribution in [0.2, 0.25) is 0 Å². The molecule has 3 aromatic rings. The molecule has 29 heavy (non-hydrogen) atoms. The van der Waals surface area contributed by atoms with Crippen LogP contribution in [0, 0.1) is 5.82 Å². The van der Waals surface area contributed by atoms with Crippen LogP contribution in [0.15, 0.2) is 84.0 Å². The van der Waals surface area contributed by atoms with Gasteiger partial charge in [-0.25, -0.2) is 14.6 Å². The Hall–Kier alpha value is -4.00. The molecular weight excluding hydrogens is 373 g/mol. The largest absolute Gasteiger partial charge is 0.423 e. The first-order valence-electron chi connectivity index (χ1n) is 8.79. The summed E-state index contributed by atoms with van der Waals surface area (Å²) in [4.78, 5) is 23.8. The lowest BCUT2D eigenvalue weighted by molar-refractivity contribution is -0.119. The zero-order valence-corrected chi connectivity index (χ0v) is 15.3. The predicted octanol–water partition coefficient (Wildman–Crippen LogP) is 3.61. The Kier molecular flexibility index (Phi) is 6.67. The van der Waals surface area contributed by atoms with Gasteiger partial charge in [-0.05, 0) is 60.2 Å². The summed E-state index contributed by atoms with van der Waals surface area (Å²) in [6.07, 6.45) is 1.47. The zero-order valence-electron chi connectivity index (χ0n) is 15.3. The Labute approximate surface area is 167 Å². The van der Waals surface area contributed by atoms with Crippen molar-refractivity contribution in [1.82, 2.24) is 5.43 Å². The Morgan fingerprint density at radius 2 is 1.72 bits per heavy atom. The van der Waals surface area contributed by atoms with Gasteiger partial charge in [0.2, 0.25) is 0 Å². The normalized spacial score (nSPS) is 10.5. The van der Waals surface area contributed by atoms with Crippen LogP contribution < -0.4 is 15.5 Å². The standard InChI is InChI=1S/C22H18FN3O3/c23-18-6-4-5-17(13-18)22(28)29-20-11-9-16(10-12-20)14-25-26-21(27)15-24-19-7-2-1-3-8-19/h1-14,24H,15H2,(H,26,27). The number of carbonyl (C=O) groups is 2. The van der Waals surface area contributed by atoms with E-state index < -0.39 is 11.8 Å². The summed E-state index contributed by atoms with van der Waals surface area (Å²) in [6.45, 7) is 0.0936. The first-order valence-corrected chi connectivity index (χ1v) is 8.79. The molecule has 146 valence electrons. The number of nitrogens with one attached hydrogen (secondary N) is 2. The number of esters is 1. The maximum absolute atomic E-state index is 13.2. The highest BCUT2D eigenvalue weighted by molar-refractivity contribution is 5.91. The molecule has 0 heterocycles. The van der Waals surface area contributed by atoms with E-state index in [9.17, 15) is 14.0 Å². The number of amides is 1. The monoisotopic (exact) mass is 391 g/mol. The summed E-state index contributed by atoms with van der Waals surface area (Å²) < 4.78 is 18.4. The number of halogens is 1. The van der Waals surface area contributed by atoms with E-state index in [4.69, 9.17) is 4.74 Å². The molecule has 3 rings (SSSR count). The zero-order chi connectivity index (χ0) is 20.5. The van der Waals surface area contributed by atoms with Crippen LogP contribution in [0.25, 0.3) is 0 Å². The van der Waals surface area contributed by atoms with Crippen molar-refractivity contribution in [2.24, 2.45) is 5.10 Å². The molecule has 3 aromatic carbocycles. The summed E-state index contributed by atoms with van der Waals surface area (Å²) in [5, 5.41) is 6.87. The summed E-state index contributed by atoms with van der Waals surface area (Å²) >= 11 is 0. The van der Waals surface area contributed by atoms with Gasteiger partial charge in [-0.2, -0.15) is 5.10 Å². The number of benzene rings is 3. The van der Waals surface area contributed by atoms with Crippen molar-refractivity contribution in [2.75, 3.05) is 11.9 Å². The number of hydrogen-bond acceptors (Lipinski definition) is 5. The van der Waals surface area contributed by atoms with Gasteiger partial charge in [0.15, 0.2) is 0 Å². The predicted molar refractivity (Wildman–Crippen MR) is 108 cm³/mol. The molecule has 0 saturated heterocycles. The van der Waals surface area contributed by atoms with Crippen molar-refractivity contribution in [3.63, 3.8) is 0 Å². The van der Waals surface area contributed by atoms with Crippen LogP contribution in [0.1, 0.15) is 15.9 Å². The van der Waals surface area contributed by atoms with Crippen LogP contribution in [0.4, 0.5) is 10.1 Å². The average molecular weight is 391 g/mol. The quantitative estimate of drug-likeness (QED) is 0.279. The van der Waals surface area contributed by atoms with Crippen LogP contribution in [0.5, 0.6) is 5.75 Å². The second-order valence-corrected chi connectivity index (χ2v) is 5.98. The van der Waals surface area contributed by atoms with Crippen LogP contribution in [-0.4, -0.2) is 24.6 Å². The van der Waals surface area contributed by atoms with E-state index in [1.165, 1.54) is 24.4 Å². The lowest BCUT2D eigenvalue weighted by Crippen LogP contribution is -2.25. The molecule has 0 unspecified atom stereocenters. The minimum absolute atomic E-state index is 0.0936. The van der Waals surface area contributed by atoms with Crippen molar-refractivity contribution in [1.29, 1.82) is 0 Å². The Bertz CT molecular complexity index is 1010. The first-order chi connectivity index (χ1) is 14.1. The number of ether oxygens (including phenoxy) is 1. The minimum Gasteiger partial charge on any atom is -0.423 e. The Morgan fingerprint density at radius 3 is 2.45 bits per heavy atom. The molecule has 2 N–H and O–H groups in total. The number of anilines is 1. The fraction of sp³-hybridized carbons (Fsp3) is 0.0455. The second kappa shape index (κ2) is 9.80. The molecule has 0 spiro atoms. The maximum atomic E-state index is 13.2. The average Bonchev–Trinajstić information content (AvgIpc) is 2.74. The van der Waals surface area contributed by atoms with Crippen molar-refractivity contribution >= 4 is 23.8 Å². The third-order valence-electron chi connectivity index (χ3n) is 3.78. The number of rotatable bonds is 7. The SMILES string of the molecule is O=C(CNc1ccccc1)NN=Cc1ccc(OC(=O)c2cccc(F)c2)cc1. The molecule has 0 aromatic heterocycles. The highest BCUT2D eigenvalue weighted by Gasteiger charge is 2.09. The smallest absolute Gasteiger partial charge is 0.343 e. The molecule has 0 atom stereocenters.